The van der Waals surface area contributed by atoms with Crippen molar-refractivity contribution in [3.8, 4) is 5.82 Å². The molecule has 1 unspecified atom stereocenters. The first kappa shape index (κ1) is 20.0. The van der Waals surface area contributed by atoms with Crippen molar-refractivity contribution in [2.45, 2.75) is 12.3 Å². The average molecular weight is 417 g/mol. The third-order valence-electron chi connectivity index (χ3n) is 4.62. The second kappa shape index (κ2) is 8.25. The van der Waals surface area contributed by atoms with Crippen molar-refractivity contribution >= 4 is 11.6 Å². The molecule has 0 radical (unpaired) electrons. The number of carbonyl (C=O) groups is 1. The lowest BCUT2D eigenvalue weighted by atomic mass is 10.1. The lowest BCUT2D eigenvalue weighted by Crippen LogP contribution is -2.33. The van der Waals surface area contributed by atoms with Crippen LogP contribution in [0.5, 0.6) is 0 Å². The Morgan fingerprint density at radius 1 is 1.17 bits per heavy atom. The Morgan fingerprint density at radius 3 is 2.60 bits per heavy atom. The Balaban J connectivity index is 1.41. The molecule has 10 heteroatoms. The summed E-state index contributed by atoms with van der Waals surface area (Å²) in [5, 5.41) is 10.0. The summed E-state index contributed by atoms with van der Waals surface area (Å²) in [6.07, 6.45) is -1.02. The molecule has 156 valence electrons. The molecule has 0 bridgehead atoms. The Bertz CT molecular complexity index is 1010. The number of hydrogen-bond donors (Lipinski definition) is 2. The fourth-order valence-corrected chi connectivity index (χ4v) is 3.02. The van der Waals surface area contributed by atoms with E-state index in [1.165, 1.54) is 23.1 Å². The molecule has 1 fully saturated rings. The van der Waals surface area contributed by atoms with Crippen molar-refractivity contribution in [2.24, 2.45) is 0 Å². The Labute approximate surface area is 169 Å². The normalized spacial score (nSPS) is 17.0. The topological polar surface area (TPSA) is 81.1 Å². The van der Waals surface area contributed by atoms with E-state index in [9.17, 15) is 18.0 Å². The SMILES string of the molecule is O=C(Nc1ccc(C2CNCCO2)cc1)c1cnn(-c2ccc(C(F)(F)F)cn2)c1. The van der Waals surface area contributed by atoms with Crippen LogP contribution < -0.4 is 10.6 Å². The van der Waals surface area contributed by atoms with Gasteiger partial charge in [0.25, 0.3) is 5.91 Å². The summed E-state index contributed by atoms with van der Waals surface area (Å²) in [5.74, 6) is -0.219. The predicted octanol–water partition coefficient (Wildman–Crippen LogP) is 3.20. The van der Waals surface area contributed by atoms with Gasteiger partial charge in [0.05, 0.1) is 30.0 Å². The number of hydrogen-bond acceptors (Lipinski definition) is 5. The maximum absolute atomic E-state index is 12.6. The number of halogens is 3. The number of amides is 1. The lowest BCUT2D eigenvalue weighted by molar-refractivity contribution is -0.137. The zero-order valence-corrected chi connectivity index (χ0v) is 15.7. The monoisotopic (exact) mass is 417 g/mol. The van der Waals surface area contributed by atoms with Crippen LogP contribution in [-0.4, -0.2) is 40.4 Å². The van der Waals surface area contributed by atoms with Crippen LogP contribution in [0.3, 0.4) is 0 Å². The van der Waals surface area contributed by atoms with E-state index in [-0.39, 0.29) is 17.5 Å². The number of morpholine rings is 1. The van der Waals surface area contributed by atoms with Crippen LogP contribution in [0.2, 0.25) is 0 Å². The number of carbonyl (C=O) groups excluding carboxylic acids is 1. The van der Waals surface area contributed by atoms with Crippen molar-refractivity contribution < 1.29 is 22.7 Å². The van der Waals surface area contributed by atoms with Gasteiger partial charge in [0, 0.05) is 31.2 Å². The first-order valence-corrected chi connectivity index (χ1v) is 9.22. The molecule has 7 nitrogen and oxygen atoms in total. The van der Waals surface area contributed by atoms with Crippen LogP contribution >= 0.6 is 0 Å². The summed E-state index contributed by atoms with van der Waals surface area (Å²) >= 11 is 0. The Hall–Kier alpha value is -3.24. The fraction of sp³-hybridized carbons (Fsp3) is 0.250. The summed E-state index contributed by atoms with van der Waals surface area (Å²) in [5.41, 5.74) is 1.02. The molecule has 3 heterocycles. The van der Waals surface area contributed by atoms with E-state index in [4.69, 9.17) is 4.74 Å². The third kappa shape index (κ3) is 4.50. The summed E-state index contributed by atoms with van der Waals surface area (Å²) in [6, 6.07) is 9.46. The van der Waals surface area contributed by atoms with Crippen LogP contribution in [0, 0.1) is 0 Å². The zero-order chi connectivity index (χ0) is 21.1. The molecule has 0 saturated carbocycles. The first-order chi connectivity index (χ1) is 14.4. The summed E-state index contributed by atoms with van der Waals surface area (Å²) < 4.78 is 44.9. The van der Waals surface area contributed by atoms with Gasteiger partial charge in [0.1, 0.15) is 0 Å². The van der Waals surface area contributed by atoms with E-state index >= 15 is 0 Å². The third-order valence-corrected chi connectivity index (χ3v) is 4.62. The number of benzene rings is 1. The number of ether oxygens (including phenoxy) is 1. The van der Waals surface area contributed by atoms with Gasteiger partial charge in [-0.15, -0.1) is 0 Å². The van der Waals surface area contributed by atoms with Crippen LogP contribution in [0.1, 0.15) is 27.6 Å². The molecule has 1 atom stereocenters. The number of alkyl halides is 3. The molecule has 2 aromatic heterocycles. The standard InChI is InChI=1S/C20H18F3N5O2/c21-20(22,23)15-3-6-18(25-10-15)28-12-14(9-26-28)19(29)27-16-4-1-13(2-5-16)17-11-24-7-8-30-17/h1-6,9-10,12,17,24H,7-8,11H2,(H,27,29). The van der Waals surface area contributed by atoms with Gasteiger partial charge in [-0.2, -0.15) is 18.3 Å². The maximum Gasteiger partial charge on any atom is 0.417 e. The molecule has 1 aliphatic heterocycles. The molecule has 1 amide bonds. The highest BCUT2D eigenvalue weighted by Crippen LogP contribution is 2.28. The van der Waals surface area contributed by atoms with Gasteiger partial charge in [0.2, 0.25) is 0 Å². The average Bonchev–Trinajstić information content (AvgIpc) is 3.25. The lowest BCUT2D eigenvalue weighted by Gasteiger charge is -2.24. The quantitative estimate of drug-likeness (QED) is 0.682. The molecular formula is C20H18F3N5O2. The van der Waals surface area contributed by atoms with Crippen LogP contribution in [0.4, 0.5) is 18.9 Å². The molecule has 30 heavy (non-hydrogen) atoms. The minimum absolute atomic E-state index is 0.0158. The number of anilines is 1. The fourth-order valence-electron chi connectivity index (χ4n) is 3.02. The van der Waals surface area contributed by atoms with Gasteiger partial charge >= 0.3 is 6.18 Å². The molecule has 3 aromatic rings. The van der Waals surface area contributed by atoms with E-state index in [1.54, 1.807) is 12.1 Å². The number of rotatable bonds is 4. The van der Waals surface area contributed by atoms with E-state index in [0.717, 1.165) is 30.9 Å². The minimum Gasteiger partial charge on any atom is -0.371 e. The smallest absolute Gasteiger partial charge is 0.371 e. The first-order valence-electron chi connectivity index (χ1n) is 9.22. The second-order valence-corrected chi connectivity index (χ2v) is 6.72. The van der Waals surface area contributed by atoms with Crippen LogP contribution in [0.15, 0.2) is 55.0 Å². The van der Waals surface area contributed by atoms with E-state index in [2.05, 4.69) is 20.7 Å². The van der Waals surface area contributed by atoms with Gasteiger partial charge < -0.3 is 15.4 Å². The highest BCUT2D eigenvalue weighted by molar-refractivity contribution is 6.03. The molecule has 1 saturated heterocycles. The Kier molecular flexibility index (Phi) is 5.51. The zero-order valence-electron chi connectivity index (χ0n) is 15.7. The number of nitrogens with zero attached hydrogens (tertiary/aromatic N) is 3. The number of nitrogens with one attached hydrogen (secondary N) is 2. The summed E-state index contributed by atoms with van der Waals surface area (Å²) in [4.78, 5) is 16.2. The van der Waals surface area contributed by atoms with Crippen molar-refractivity contribution in [3.05, 3.63) is 71.7 Å². The summed E-state index contributed by atoms with van der Waals surface area (Å²) in [6.45, 7) is 2.23. The largest absolute Gasteiger partial charge is 0.417 e. The molecule has 4 rings (SSSR count). The van der Waals surface area contributed by atoms with Crippen molar-refractivity contribution in [3.63, 3.8) is 0 Å². The summed E-state index contributed by atoms with van der Waals surface area (Å²) in [7, 11) is 0. The molecule has 2 N–H and O–H groups in total. The van der Waals surface area contributed by atoms with Gasteiger partial charge in [-0.3, -0.25) is 4.79 Å². The van der Waals surface area contributed by atoms with Crippen molar-refractivity contribution in [2.75, 3.05) is 25.0 Å². The highest BCUT2D eigenvalue weighted by atomic mass is 19.4. The van der Waals surface area contributed by atoms with Gasteiger partial charge in [-0.05, 0) is 29.8 Å². The van der Waals surface area contributed by atoms with Gasteiger partial charge in [-0.25, -0.2) is 9.67 Å². The minimum atomic E-state index is -4.46. The maximum atomic E-state index is 12.6. The van der Waals surface area contributed by atoms with Gasteiger partial charge in [-0.1, -0.05) is 12.1 Å². The van der Waals surface area contributed by atoms with Crippen LogP contribution in [0.25, 0.3) is 5.82 Å². The molecule has 1 aliphatic rings. The van der Waals surface area contributed by atoms with Crippen molar-refractivity contribution in [1.29, 1.82) is 0 Å². The second-order valence-electron chi connectivity index (χ2n) is 6.72. The van der Waals surface area contributed by atoms with E-state index in [0.29, 0.717) is 12.3 Å². The molecule has 0 aliphatic carbocycles. The Morgan fingerprint density at radius 2 is 1.97 bits per heavy atom. The number of aromatic nitrogens is 3. The van der Waals surface area contributed by atoms with E-state index < -0.39 is 17.6 Å². The predicted molar refractivity (Wildman–Crippen MR) is 102 cm³/mol. The van der Waals surface area contributed by atoms with Crippen LogP contribution in [-0.2, 0) is 10.9 Å². The van der Waals surface area contributed by atoms with Gasteiger partial charge in [0.15, 0.2) is 5.82 Å². The number of pyridine rings is 1. The van der Waals surface area contributed by atoms with E-state index in [1.807, 2.05) is 12.1 Å². The molecular weight excluding hydrogens is 399 g/mol. The molecule has 1 aromatic carbocycles. The van der Waals surface area contributed by atoms with Crippen molar-refractivity contribution in [1.82, 2.24) is 20.1 Å². The molecule has 0 spiro atoms. The highest BCUT2D eigenvalue weighted by Gasteiger charge is 2.30.